The molecule has 1 aromatic heterocycles. The Kier molecular flexibility index (Phi) is 6.82. The number of Topliss-reactive ketones (excluding diaryl/α,β-unsaturated/α-hetero) is 2. The average Bonchev–Trinajstić information content (AvgIpc) is 3.14. The summed E-state index contributed by atoms with van der Waals surface area (Å²) < 4.78 is 1.46. The van der Waals surface area contributed by atoms with E-state index in [2.05, 4.69) is 10.2 Å². The molecule has 2 unspecified atom stereocenters. The first-order valence-corrected chi connectivity index (χ1v) is 11.0. The van der Waals surface area contributed by atoms with Crippen molar-refractivity contribution in [3.8, 4) is 0 Å². The van der Waals surface area contributed by atoms with Crippen molar-refractivity contribution in [1.82, 2.24) is 10.2 Å². The Balaban J connectivity index is 1.60. The van der Waals surface area contributed by atoms with E-state index in [0.717, 1.165) is 8.68 Å². The number of aromatic nitrogens is 2. The molecule has 0 amide bonds. The normalized spacial score (nSPS) is 13.1. The number of benzene rings is 2. The van der Waals surface area contributed by atoms with Crippen LogP contribution < -0.4 is 0 Å². The van der Waals surface area contributed by atoms with Crippen molar-refractivity contribution < 1.29 is 9.59 Å². The van der Waals surface area contributed by atoms with Crippen LogP contribution >= 0.6 is 34.9 Å². The van der Waals surface area contributed by atoms with Crippen molar-refractivity contribution in [3.05, 3.63) is 71.8 Å². The first-order chi connectivity index (χ1) is 13.0. The topological polar surface area (TPSA) is 59.9 Å². The maximum atomic E-state index is 12.5. The number of ketones is 2. The van der Waals surface area contributed by atoms with Crippen LogP contribution in [0.3, 0.4) is 0 Å². The Morgan fingerprint density at radius 3 is 1.48 bits per heavy atom. The highest BCUT2D eigenvalue weighted by Crippen LogP contribution is 2.34. The Morgan fingerprint density at radius 2 is 1.11 bits per heavy atom. The van der Waals surface area contributed by atoms with Crippen molar-refractivity contribution in [2.45, 2.75) is 33.0 Å². The SMILES string of the molecule is CC(Sc1nnc(SC(C)C(=O)c2ccccc2)s1)C(=O)c1ccccc1. The molecule has 3 aromatic rings. The molecular formula is C20H18N2O2S3. The lowest BCUT2D eigenvalue weighted by molar-refractivity contribution is 0.0986. The molecule has 1 heterocycles. The zero-order valence-corrected chi connectivity index (χ0v) is 17.3. The zero-order chi connectivity index (χ0) is 19.2. The summed E-state index contributed by atoms with van der Waals surface area (Å²) in [6, 6.07) is 18.5. The maximum Gasteiger partial charge on any atom is 0.175 e. The van der Waals surface area contributed by atoms with E-state index in [0.29, 0.717) is 11.1 Å². The summed E-state index contributed by atoms with van der Waals surface area (Å²) >= 11 is 4.21. The summed E-state index contributed by atoms with van der Waals surface area (Å²) in [5.74, 6) is 0.134. The third kappa shape index (κ3) is 5.28. The van der Waals surface area contributed by atoms with E-state index in [1.807, 2.05) is 74.5 Å². The smallest absolute Gasteiger partial charge is 0.175 e. The number of rotatable bonds is 8. The van der Waals surface area contributed by atoms with Gasteiger partial charge in [0.05, 0.1) is 10.5 Å². The van der Waals surface area contributed by atoms with Crippen molar-refractivity contribution >= 4 is 46.4 Å². The minimum atomic E-state index is -0.249. The maximum absolute atomic E-state index is 12.5. The van der Waals surface area contributed by atoms with Gasteiger partial charge >= 0.3 is 0 Å². The van der Waals surface area contributed by atoms with Gasteiger partial charge in [-0.05, 0) is 13.8 Å². The molecule has 0 N–H and O–H groups in total. The largest absolute Gasteiger partial charge is 0.293 e. The summed E-state index contributed by atoms with van der Waals surface area (Å²) in [6.45, 7) is 3.74. The van der Waals surface area contributed by atoms with Crippen LogP contribution in [0.2, 0.25) is 0 Å². The molecule has 3 rings (SSSR count). The Morgan fingerprint density at radius 1 is 0.741 bits per heavy atom. The standard InChI is InChI=1S/C20H18N2O2S3/c1-13(17(23)15-9-5-3-6-10-15)25-19-21-22-20(27-19)26-14(2)18(24)16-11-7-4-8-12-16/h3-14H,1-2H3. The van der Waals surface area contributed by atoms with E-state index in [1.165, 1.54) is 34.9 Å². The highest BCUT2D eigenvalue weighted by molar-refractivity contribution is 8.04. The van der Waals surface area contributed by atoms with E-state index in [4.69, 9.17) is 0 Å². The third-order valence-electron chi connectivity index (χ3n) is 3.80. The number of hydrogen-bond donors (Lipinski definition) is 0. The van der Waals surface area contributed by atoms with Crippen LogP contribution in [0.1, 0.15) is 34.6 Å². The lowest BCUT2D eigenvalue weighted by Gasteiger charge is -2.08. The summed E-state index contributed by atoms with van der Waals surface area (Å²) in [5, 5.41) is 7.83. The molecule has 4 nitrogen and oxygen atoms in total. The molecule has 138 valence electrons. The van der Waals surface area contributed by atoms with Crippen LogP contribution in [0.25, 0.3) is 0 Å². The van der Waals surface area contributed by atoms with E-state index >= 15 is 0 Å². The lowest BCUT2D eigenvalue weighted by Crippen LogP contribution is -2.13. The number of hydrogen-bond acceptors (Lipinski definition) is 7. The second-order valence-electron chi connectivity index (χ2n) is 5.81. The molecule has 7 heteroatoms. The molecule has 0 saturated heterocycles. The number of carbonyl (C=O) groups is 2. The van der Waals surface area contributed by atoms with Crippen LogP contribution in [0.5, 0.6) is 0 Å². The number of carbonyl (C=O) groups excluding carboxylic acids is 2. The quantitative estimate of drug-likeness (QED) is 0.370. The van der Waals surface area contributed by atoms with Gasteiger partial charge in [0.25, 0.3) is 0 Å². The van der Waals surface area contributed by atoms with Gasteiger partial charge in [-0.1, -0.05) is 95.5 Å². The van der Waals surface area contributed by atoms with Crippen molar-refractivity contribution in [2.24, 2.45) is 0 Å². The molecule has 2 aromatic carbocycles. The fourth-order valence-electron chi connectivity index (χ4n) is 2.38. The predicted molar refractivity (Wildman–Crippen MR) is 112 cm³/mol. The van der Waals surface area contributed by atoms with Crippen LogP contribution in [-0.4, -0.2) is 32.3 Å². The van der Waals surface area contributed by atoms with Gasteiger partial charge in [-0.25, -0.2) is 0 Å². The Labute approximate surface area is 170 Å². The van der Waals surface area contributed by atoms with Crippen molar-refractivity contribution in [1.29, 1.82) is 0 Å². The number of nitrogens with zero attached hydrogens (tertiary/aromatic N) is 2. The summed E-state index contributed by atoms with van der Waals surface area (Å²) in [5.41, 5.74) is 1.39. The zero-order valence-electron chi connectivity index (χ0n) is 14.9. The van der Waals surface area contributed by atoms with Gasteiger partial charge in [0.1, 0.15) is 0 Å². The third-order valence-corrected chi connectivity index (χ3v) is 7.09. The molecule has 27 heavy (non-hydrogen) atoms. The Bertz CT molecular complexity index is 839. The van der Waals surface area contributed by atoms with E-state index < -0.39 is 0 Å². The fourth-order valence-corrected chi connectivity index (χ4v) is 5.84. The predicted octanol–water partition coefficient (Wildman–Crippen LogP) is 5.27. The van der Waals surface area contributed by atoms with Gasteiger partial charge < -0.3 is 0 Å². The van der Waals surface area contributed by atoms with Crippen molar-refractivity contribution in [3.63, 3.8) is 0 Å². The molecule has 2 atom stereocenters. The second-order valence-corrected chi connectivity index (χ2v) is 9.97. The average molecular weight is 415 g/mol. The summed E-state index contributed by atoms with van der Waals surface area (Å²) in [6.07, 6.45) is 0. The summed E-state index contributed by atoms with van der Waals surface area (Å²) in [7, 11) is 0. The molecule has 0 saturated carbocycles. The molecule has 0 radical (unpaired) electrons. The highest BCUT2D eigenvalue weighted by atomic mass is 32.2. The second kappa shape index (κ2) is 9.30. The van der Waals surface area contributed by atoms with Crippen LogP contribution in [0, 0.1) is 0 Å². The van der Waals surface area contributed by atoms with Crippen LogP contribution in [0.4, 0.5) is 0 Å². The molecule has 0 aliphatic heterocycles. The lowest BCUT2D eigenvalue weighted by atomic mass is 10.1. The molecule has 0 aliphatic rings. The molecule has 0 fully saturated rings. The number of thioether (sulfide) groups is 2. The van der Waals surface area contributed by atoms with Crippen LogP contribution in [-0.2, 0) is 0 Å². The highest BCUT2D eigenvalue weighted by Gasteiger charge is 2.21. The van der Waals surface area contributed by atoms with Gasteiger partial charge in [-0.2, -0.15) is 0 Å². The first-order valence-electron chi connectivity index (χ1n) is 8.40. The van der Waals surface area contributed by atoms with E-state index in [1.54, 1.807) is 0 Å². The Hall–Kier alpha value is -1.96. The fraction of sp³-hybridized carbons (Fsp3) is 0.200. The first kappa shape index (κ1) is 19.8. The van der Waals surface area contributed by atoms with Gasteiger partial charge in [0.2, 0.25) is 0 Å². The van der Waals surface area contributed by atoms with E-state index in [9.17, 15) is 9.59 Å². The van der Waals surface area contributed by atoms with Gasteiger partial charge in [0, 0.05) is 11.1 Å². The molecule has 0 spiro atoms. The summed E-state index contributed by atoms with van der Waals surface area (Å²) in [4.78, 5) is 24.9. The monoisotopic (exact) mass is 414 g/mol. The minimum Gasteiger partial charge on any atom is -0.293 e. The van der Waals surface area contributed by atoms with E-state index in [-0.39, 0.29) is 22.1 Å². The molecule has 0 aliphatic carbocycles. The van der Waals surface area contributed by atoms with Crippen LogP contribution in [0.15, 0.2) is 69.3 Å². The minimum absolute atomic E-state index is 0.0672. The molecular weight excluding hydrogens is 396 g/mol. The van der Waals surface area contributed by atoms with Gasteiger partial charge in [0.15, 0.2) is 20.2 Å². The van der Waals surface area contributed by atoms with Gasteiger partial charge in [-0.15, -0.1) is 10.2 Å². The molecule has 0 bridgehead atoms. The van der Waals surface area contributed by atoms with Crippen molar-refractivity contribution in [2.75, 3.05) is 0 Å². The van der Waals surface area contributed by atoms with Gasteiger partial charge in [-0.3, -0.25) is 9.59 Å².